The van der Waals surface area contributed by atoms with E-state index >= 15 is 0 Å². The van der Waals surface area contributed by atoms with Crippen molar-refractivity contribution in [2.24, 2.45) is 0 Å². The van der Waals surface area contributed by atoms with E-state index in [9.17, 15) is 9.59 Å². The molecule has 0 saturated carbocycles. The van der Waals surface area contributed by atoms with Crippen LogP contribution in [0.15, 0.2) is 36.4 Å². The molecule has 2 aromatic rings. The molecule has 0 saturated heterocycles. The maximum atomic E-state index is 12.6. The van der Waals surface area contributed by atoms with Crippen LogP contribution in [-0.2, 0) is 0 Å². The molecule has 0 aliphatic heterocycles. The number of nitrogens with one attached hydrogen (secondary N) is 1. The van der Waals surface area contributed by atoms with Gasteiger partial charge in [0.1, 0.15) is 16.5 Å². The monoisotopic (exact) mass is 405 g/mol. The van der Waals surface area contributed by atoms with Crippen molar-refractivity contribution in [3.63, 3.8) is 0 Å². The summed E-state index contributed by atoms with van der Waals surface area (Å²) in [5.41, 5.74) is 0.958. The average molecular weight is 406 g/mol. The molecule has 0 unspecified atom stereocenters. The van der Waals surface area contributed by atoms with E-state index in [-0.39, 0.29) is 11.5 Å². The van der Waals surface area contributed by atoms with Gasteiger partial charge >= 0.3 is 5.97 Å². The lowest BCUT2D eigenvalue weighted by Gasteiger charge is -2.14. The number of anilines is 1. The zero-order valence-electron chi connectivity index (χ0n) is 16.0. The van der Waals surface area contributed by atoms with Gasteiger partial charge in [-0.3, -0.25) is 4.79 Å². The van der Waals surface area contributed by atoms with Crippen LogP contribution in [0.1, 0.15) is 53.8 Å². The van der Waals surface area contributed by atoms with Crippen LogP contribution in [0.4, 0.5) is 5.69 Å². The average Bonchev–Trinajstić information content (AvgIpc) is 2.68. The molecule has 2 aromatic carbocycles. The van der Waals surface area contributed by atoms with Crippen molar-refractivity contribution in [3.05, 3.63) is 52.5 Å². The molecule has 0 aliphatic carbocycles. The second-order valence-electron chi connectivity index (χ2n) is 6.11. The zero-order valence-corrected chi connectivity index (χ0v) is 16.7. The molecule has 0 aliphatic rings. The number of hydrogen-bond donors (Lipinski definition) is 2. The van der Waals surface area contributed by atoms with E-state index in [1.54, 1.807) is 12.1 Å². The zero-order chi connectivity index (χ0) is 20.5. The number of benzene rings is 2. The highest BCUT2D eigenvalue weighted by Crippen LogP contribution is 2.36. The maximum absolute atomic E-state index is 12.6. The van der Waals surface area contributed by atoms with Gasteiger partial charge in [-0.1, -0.05) is 31.4 Å². The molecule has 0 bridgehead atoms. The normalized spacial score (nSPS) is 10.4. The van der Waals surface area contributed by atoms with E-state index in [0.29, 0.717) is 41.0 Å². The Balaban J connectivity index is 2.20. The van der Waals surface area contributed by atoms with Crippen LogP contribution in [0, 0.1) is 0 Å². The summed E-state index contributed by atoms with van der Waals surface area (Å²) in [6, 6.07) is 9.05. The van der Waals surface area contributed by atoms with E-state index in [1.165, 1.54) is 24.3 Å². The van der Waals surface area contributed by atoms with Gasteiger partial charge in [-0.25, -0.2) is 4.79 Å². The Hall–Kier alpha value is -2.73. The Bertz CT molecular complexity index is 820. The van der Waals surface area contributed by atoms with Crippen molar-refractivity contribution in [2.45, 2.75) is 33.1 Å². The third-order valence-corrected chi connectivity index (χ3v) is 4.34. The van der Waals surface area contributed by atoms with Crippen LogP contribution in [0.25, 0.3) is 0 Å². The lowest BCUT2D eigenvalue weighted by atomic mass is 10.1. The van der Waals surface area contributed by atoms with E-state index < -0.39 is 5.97 Å². The summed E-state index contributed by atoms with van der Waals surface area (Å²) < 4.78 is 11.3. The highest BCUT2D eigenvalue weighted by molar-refractivity contribution is 6.33. The van der Waals surface area contributed by atoms with Gasteiger partial charge in [0.25, 0.3) is 5.91 Å². The fraction of sp³-hybridized carbons (Fsp3) is 0.333. The molecule has 0 spiro atoms. The van der Waals surface area contributed by atoms with Gasteiger partial charge in [-0.2, -0.15) is 0 Å². The van der Waals surface area contributed by atoms with Crippen molar-refractivity contribution in [1.29, 1.82) is 0 Å². The molecule has 1 amide bonds. The predicted molar refractivity (Wildman–Crippen MR) is 109 cm³/mol. The van der Waals surface area contributed by atoms with Crippen molar-refractivity contribution >= 4 is 29.2 Å². The molecule has 7 heteroatoms. The number of rotatable bonds is 10. The smallest absolute Gasteiger partial charge is 0.335 e. The SMILES string of the molecule is CCCCCOc1cc(C(=O)Nc2ccc(C(=O)O)cc2)cc(OCC)c1Cl. The quantitative estimate of drug-likeness (QED) is 0.527. The maximum Gasteiger partial charge on any atom is 0.335 e. The second-order valence-corrected chi connectivity index (χ2v) is 6.49. The van der Waals surface area contributed by atoms with E-state index in [4.69, 9.17) is 26.2 Å². The Kier molecular flexibility index (Phi) is 8.14. The molecule has 2 rings (SSSR count). The summed E-state index contributed by atoms with van der Waals surface area (Å²) in [7, 11) is 0. The third kappa shape index (κ3) is 5.89. The lowest BCUT2D eigenvalue weighted by molar-refractivity contribution is 0.0696. The second kappa shape index (κ2) is 10.6. The van der Waals surface area contributed by atoms with Crippen molar-refractivity contribution in [1.82, 2.24) is 0 Å². The van der Waals surface area contributed by atoms with E-state index in [1.807, 2.05) is 6.92 Å². The van der Waals surface area contributed by atoms with Crippen LogP contribution < -0.4 is 14.8 Å². The largest absolute Gasteiger partial charge is 0.492 e. The lowest BCUT2D eigenvalue weighted by Crippen LogP contribution is -2.13. The molecule has 6 nitrogen and oxygen atoms in total. The predicted octanol–water partition coefficient (Wildman–Crippen LogP) is 5.26. The van der Waals surface area contributed by atoms with Crippen molar-refractivity contribution in [3.8, 4) is 11.5 Å². The number of unbranched alkanes of at least 4 members (excludes halogenated alkanes) is 2. The standard InChI is InChI=1S/C21H24ClNO5/c1-3-5-6-11-28-18-13-15(12-17(19(18)22)27-4-2)20(24)23-16-9-7-14(8-10-16)21(25)26/h7-10,12-13H,3-6,11H2,1-2H3,(H,23,24)(H,25,26). The molecule has 0 fully saturated rings. The number of hydrogen-bond acceptors (Lipinski definition) is 4. The number of halogens is 1. The van der Waals surface area contributed by atoms with Gasteiger partial charge in [0.05, 0.1) is 18.8 Å². The summed E-state index contributed by atoms with van der Waals surface area (Å²) >= 11 is 6.35. The van der Waals surface area contributed by atoms with Gasteiger partial charge in [0, 0.05) is 11.3 Å². The molecule has 2 N–H and O–H groups in total. The van der Waals surface area contributed by atoms with Crippen LogP contribution in [0.2, 0.25) is 5.02 Å². The molecular formula is C21H24ClNO5. The minimum absolute atomic E-state index is 0.144. The number of carboxylic acids is 1. The summed E-state index contributed by atoms with van der Waals surface area (Å²) in [5, 5.41) is 12.0. The Morgan fingerprint density at radius 2 is 1.64 bits per heavy atom. The van der Waals surface area contributed by atoms with Crippen LogP contribution in [0.3, 0.4) is 0 Å². The van der Waals surface area contributed by atoms with E-state index in [0.717, 1.165) is 19.3 Å². The topological polar surface area (TPSA) is 84.9 Å². The number of ether oxygens (including phenoxy) is 2. The number of aromatic carboxylic acids is 1. The molecule has 0 radical (unpaired) electrons. The first-order chi connectivity index (χ1) is 13.5. The minimum Gasteiger partial charge on any atom is -0.492 e. The minimum atomic E-state index is -1.03. The summed E-state index contributed by atoms with van der Waals surface area (Å²) in [6.07, 6.45) is 3.01. The molecule has 150 valence electrons. The van der Waals surface area contributed by atoms with Crippen LogP contribution >= 0.6 is 11.6 Å². The van der Waals surface area contributed by atoms with Gasteiger partial charge in [0.15, 0.2) is 0 Å². The summed E-state index contributed by atoms with van der Waals surface area (Å²) in [4.78, 5) is 23.6. The number of amides is 1. The molecule has 0 atom stereocenters. The third-order valence-electron chi connectivity index (χ3n) is 3.96. The molecule has 0 heterocycles. The highest BCUT2D eigenvalue weighted by Gasteiger charge is 2.16. The molecule has 28 heavy (non-hydrogen) atoms. The Labute approximate surface area is 169 Å². The molecule has 0 aromatic heterocycles. The van der Waals surface area contributed by atoms with Gasteiger partial charge in [-0.15, -0.1) is 0 Å². The summed E-state index contributed by atoms with van der Waals surface area (Å²) in [5.74, 6) is -0.625. The fourth-order valence-electron chi connectivity index (χ4n) is 2.50. The first-order valence-electron chi connectivity index (χ1n) is 9.20. The fourth-order valence-corrected chi connectivity index (χ4v) is 2.72. The van der Waals surface area contributed by atoms with Crippen molar-refractivity contribution in [2.75, 3.05) is 18.5 Å². The van der Waals surface area contributed by atoms with Gasteiger partial charge in [0.2, 0.25) is 0 Å². The summed E-state index contributed by atoms with van der Waals surface area (Å²) in [6.45, 7) is 4.83. The van der Waals surface area contributed by atoms with E-state index in [2.05, 4.69) is 12.2 Å². The molecular weight excluding hydrogens is 382 g/mol. The first-order valence-corrected chi connectivity index (χ1v) is 9.57. The van der Waals surface area contributed by atoms with Crippen LogP contribution in [0.5, 0.6) is 11.5 Å². The Morgan fingerprint density at radius 1 is 1.00 bits per heavy atom. The van der Waals surface area contributed by atoms with Crippen LogP contribution in [-0.4, -0.2) is 30.2 Å². The number of carbonyl (C=O) groups is 2. The Morgan fingerprint density at radius 3 is 2.21 bits per heavy atom. The van der Waals surface area contributed by atoms with Gasteiger partial charge in [-0.05, 0) is 49.7 Å². The highest BCUT2D eigenvalue weighted by atomic mass is 35.5. The number of carboxylic acid groups (broad SMARTS) is 1. The van der Waals surface area contributed by atoms with Gasteiger partial charge < -0.3 is 19.9 Å². The first kappa shape index (κ1) is 21.6. The number of carbonyl (C=O) groups excluding carboxylic acids is 1. The van der Waals surface area contributed by atoms with Crippen molar-refractivity contribution < 1.29 is 24.2 Å².